The van der Waals surface area contributed by atoms with E-state index in [1.165, 1.54) is 4.68 Å². The number of fused-ring (bicyclic) bond motifs is 2. The van der Waals surface area contributed by atoms with Gasteiger partial charge in [0.2, 0.25) is 0 Å². The monoisotopic (exact) mass is 463 g/mol. The molecule has 7 heteroatoms. The molecule has 5 rings (SSSR count). The van der Waals surface area contributed by atoms with Crippen LogP contribution >= 0.6 is 0 Å². The number of anilines is 1. The largest absolute Gasteiger partial charge is 0.451 e. The first-order valence-corrected chi connectivity index (χ1v) is 11.1. The number of hydrogen-bond donors (Lipinski definition) is 1. The number of esters is 1. The van der Waals surface area contributed by atoms with Gasteiger partial charge in [-0.05, 0) is 23.1 Å². The molecule has 1 heterocycles. The molecule has 1 amide bonds. The number of carbonyl (C=O) groups excluding carboxylic acids is 2. The van der Waals surface area contributed by atoms with Crippen molar-refractivity contribution in [2.24, 2.45) is 0 Å². The molecule has 0 unspecified atom stereocenters. The van der Waals surface area contributed by atoms with E-state index in [0.29, 0.717) is 16.5 Å². The highest BCUT2D eigenvalue weighted by atomic mass is 16.5. The summed E-state index contributed by atoms with van der Waals surface area (Å²) in [6, 6.07) is 29.3. The van der Waals surface area contributed by atoms with Crippen molar-refractivity contribution in [3.8, 4) is 0 Å². The summed E-state index contributed by atoms with van der Waals surface area (Å²) in [6.45, 7) is -0.289. The Morgan fingerprint density at radius 3 is 2.23 bits per heavy atom. The van der Waals surface area contributed by atoms with Gasteiger partial charge in [-0.3, -0.25) is 9.59 Å². The molecule has 0 atom stereocenters. The van der Waals surface area contributed by atoms with Crippen molar-refractivity contribution < 1.29 is 14.3 Å². The van der Waals surface area contributed by atoms with E-state index in [9.17, 15) is 14.4 Å². The van der Waals surface area contributed by atoms with Gasteiger partial charge in [-0.15, -0.1) is 0 Å². The molecule has 0 radical (unpaired) electrons. The molecule has 4 aromatic carbocycles. The van der Waals surface area contributed by atoms with Gasteiger partial charge in [0.05, 0.1) is 11.9 Å². The topological polar surface area (TPSA) is 90.3 Å². The van der Waals surface area contributed by atoms with Crippen molar-refractivity contribution in [1.29, 1.82) is 0 Å². The van der Waals surface area contributed by atoms with E-state index in [-0.39, 0.29) is 17.8 Å². The van der Waals surface area contributed by atoms with Crippen molar-refractivity contribution >= 4 is 39.1 Å². The van der Waals surface area contributed by atoms with Crippen LogP contribution in [0.5, 0.6) is 0 Å². The summed E-state index contributed by atoms with van der Waals surface area (Å²) in [6.07, 6.45) is 0. The summed E-state index contributed by atoms with van der Waals surface area (Å²) in [4.78, 5) is 38.5. The molecule has 0 fully saturated rings. The van der Waals surface area contributed by atoms with Gasteiger partial charge < -0.3 is 10.1 Å². The van der Waals surface area contributed by atoms with Gasteiger partial charge in [-0.25, -0.2) is 9.48 Å². The number of benzene rings is 4. The number of nitrogens with one attached hydrogen (secondary N) is 1. The van der Waals surface area contributed by atoms with Crippen molar-refractivity contribution in [2.45, 2.75) is 6.54 Å². The van der Waals surface area contributed by atoms with E-state index in [0.717, 1.165) is 16.3 Å². The second-order valence-corrected chi connectivity index (χ2v) is 7.99. The third-order valence-electron chi connectivity index (χ3n) is 5.63. The molecular weight excluding hydrogens is 442 g/mol. The number of aromatic nitrogens is 2. The Morgan fingerprint density at radius 1 is 0.771 bits per heavy atom. The number of rotatable bonds is 6. The second-order valence-electron chi connectivity index (χ2n) is 7.99. The molecule has 0 spiro atoms. The van der Waals surface area contributed by atoms with Gasteiger partial charge in [0.1, 0.15) is 0 Å². The highest BCUT2D eigenvalue weighted by Crippen LogP contribution is 2.23. The van der Waals surface area contributed by atoms with Gasteiger partial charge in [0, 0.05) is 16.5 Å². The minimum atomic E-state index is -0.781. The third kappa shape index (κ3) is 4.65. The zero-order valence-corrected chi connectivity index (χ0v) is 18.7. The molecule has 0 saturated heterocycles. The van der Waals surface area contributed by atoms with Gasteiger partial charge in [-0.1, -0.05) is 84.9 Å². The maximum atomic E-state index is 13.0. The summed E-state index contributed by atoms with van der Waals surface area (Å²) < 4.78 is 6.54. The zero-order chi connectivity index (χ0) is 24.2. The minimum absolute atomic E-state index is 0.0194. The fourth-order valence-electron chi connectivity index (χ4n) is 3.97. The van der Waals surface area contributed by atoms with Gasteiger partial charge in [0.15, 0.2) is 12.3 Å². The van der Waals surface area contributed by atoms with Crippen LogP contribution in [0, 0.1) is 0 Å². The smallest absolute Gasteiger partial charge is 0.359 e. The van der Waals surface area contributed by atoms with Gasteiger partial charge in [-0.2, -0.15) is 5.10 Å². The standard InChI is InChI=1S/C28H21N3O4/c32-25(29-24-16-8-12-20-11-4-5-13-21(20)24)18-35-28(34)26-22-14-6-7-15-23(22)27(33)31(30-26)17-19-9-2-1-3-10-19/h1-16H,17-18H2,(H,29,32). The maximum absolute atomic E-state index is 13.0. The van der Waals surface area contributed by atoms with Crippen molar-refractivity contribution in [3.05, 3.63) is 119 Å². The van der Waals surface area contributed by atoms with Crippen LogP contribution in [-0.4, -0.2) is 28.3 Å². The van der Waals surface area contributed by atoms with E-state index in [4.69, 9.17) is 4.74 Å². The average molecular weight is 463 g/mol. The zero-order valence-electron chi connectivity index (χ0n) is 18.7. The number of ether oxygens (including phenoxy) is 1. The molecule has 1 aromatic heterocycles. The van der Waals surface area contributed by atoms with Crippen molar-refractivity contribution in [1.82, 2.24) is 9.78 Å². The summed E-state index contributed by atoms with van der Waals surface area (Å²) in [5.41, 5.74) is 1.17. The fraction of sp³-hybridized carbons (Fsp3) is 0.0714. The normalized spacial score (nSPS) is 10.9. The molecule has 5 aromatic rings. The molecule has 0 aliphatic heterocycles. The molecule has 0 saturated carbocycles. The third-order valence-corrected chi connectivity index (χ3v) is 5.63. The highest BCUT2D eigenvalue weighted by Gasteiger charge is 2.19. The van der Waals surface area contributed by atoms with Crippen LogP contribution in [0.2, 0.25) is 0 Å². The molecule has 172 valence electrons. The first-order chi connectivity index (χ1) is 17.1. The lowest BCUT2D eigenvalue weighted by Crippen LogP contribution is -2.28. The molecule has 1 N–H and O–H groups in total. The van der Waals surface area contributed by atoms with Crippen LogP contribution < -0.4 is 10.9 Å². The Balaban J connectivity index is 1.38. The lowest BCUT2D eigenvalue weighted by Gasteiger charge is -2.12. The van der Waals surface area contributed by atoms with Crippen LogP contribution in [0.3, 0.4) is 0 Å². The maximum Gasteiger partial charge on any atom is 0.359 e. The number of carbonyl (C=O) groups is 2. The molecular formula is C28H21N3O4. The first kappa shape index (κ1) is 22.0. The summed E-state index contributed by atoms with van der Waals surface area (Å²) in [5, 5.41) is 9.68. The Morgan fingerprint density at radius 2 is 1.43 bits per heavy atom. The SMILES string of the molecule is O=C(COC(=O)c1nn(Cc2ccccc2)c(=O)c2ccccc12)Nc1cccc2ccccc12. The lowest BCUT2D eigenvalue weighted by molar-refractivity contribution is -0.119. The summed E-state index contributed by atoms with van der Waals surface area (Å²) in [7, 11) is 0. The average Bonchev–Trinajstić information content (AvgIpc) is 2.90. The quantitative estimate of drug-likeness (QED) is 0.377. The summed E-state index contributed by atoms with van der Waals surface area (Å²) >= 11 is 0. The van der Waals surface area contributed by atoms with E-state index in [2.05, 4.69) is 10.4 Å². The van der Waals surface area contributed by atoms with Crippen LogP contribution in [0.15, 0.2) is 102 Å². The molecule has 7 nitrogen and oxygen atoms in total. The first-order valence-electron chi connectivity index (χ1n) is 11.1. The number of nitrogens with zero attached hydrogens (tertiary/aromatic N) is 2. The molecule has 35 heavy (non-hydrogen) atoms. The van der Waals surface area contributed by atoms with Crippen LogP contribution in [-0.2, 0) is 16.1 Å². The van der Waals surface area contributed by atoms with E-state index < -0.39 is 18.5 Å². The molecule has 0 aliphatic carbocycles. The molecule has 0 aliphatic rings. The Bertz CT molecular complexity index is 1600. The van der Waals surface area contributed by atoms with Crippen LogP contribution in [0.25, 0.3) is 21.5 Å². The summed E-state index contributed by atoms with van der Waals surface area (Å²) in [5.74, 6) is -1.26. The second kappa shape index (κ2) is 9.61. The minimum Gasteiger partial charge on any atom is -0.451 e. The van der Waals surface area contributed by atoms with Crippen LogP contribution in [0.1, 0.15) is 16.1 Å². The Labute approximate surface area is 200 Å². The predicted molar refractivity (Wildman–Crippen MR) is 134 cm³/mol. The van der Waals surface area contributed by atoms with Gasteiger partial charge >= 0.3 is 5.97 Å². The Kier molecular flexibility index (Phi) is 6.05. The predicted octanol–water partition coefficient (Wildman–Crippen LogP) is 4.39. The van der Waals surface area contributed by atoms with Crippen molar-refractivity contribution in [2.75, 3.05) is 11.9 Å². The van der Waals surface area contributed by atoms with E-state index >= 15 is 0 Å². The van der Waals surface area contributed by atoms with E-state index in [1.54, 1.807) is 30.3 Å². The highest BCUT2D eigenvalue weighted by molar-refractivity contribution is 6.05. The van der Waals surface area contributed by atoms with Crippen LogP contribution in [0.4, 0.5) is 5.69 Å². The lowest BCUT2D eigenvalue weighted by atomic mass is 10.1. The van der Waals surface area contributed by atoms with Crippen molar-refractivity contribution in [3.63, 3.8) is 0 Å². The molecule has 0 bridgehead atoms. The fourth-order valence-corrected chi connectivity index (χ4v) is 3.97. The van der Waals surface area contributed by atoms with E-state index in [1.807, 2.05) is 66.7 Å². The number of amides is 1. The van der Waals surface area contributed by atoms with Gasteiger partial charge in [0.25, 0.3) is 11.5 Å². The Hall–Kier alpha value is -4.78. The number of hydrogen-bond acceptors (Lipinski definition) is 5.